The third-order valence-corrected chi connectivity index (χ3v) is 4.72. The molecule has 0 unspecified atom stereocenters. The van der Waals surface area contributed by atoms with Crippen molar-refractivity contribution < 1.29 is 14.3 Å². The normalized spacial score (nSPS) is 19.5. The first kappa shape index (κ1) is 17.4. The van der Waals surface area contributed by atoms with Gasteiger partial charge >= 0.3 is 6.03 Å². The van der Waals surface area contributed by atoms with Crippen LogP contribution in [0.2, 0.25) is 5.02 Å². The SMILES string of the molecule is COc1cc(OC)c(NC(=O)N[C@@H]2CCC[C@@H]2n2ccnc2)cc1Cl. The number of aromatic nitrogens is 2. The fourth-order valence-electron chi connectivity index (χ4n) is 3.22. The number of rotatable bonds is 5. The van der Waals surface area contributed by atoms with Gasteiger partial charge in [0.2, 0.25) is 0 Å². The first-order valence-corrected chi connectivity index (χ1v) is 8.46. The van der Waals surface area contributed by atoms with E-state index >= 15 is 0 Å². The molecule has 134 valence electrons. The Labute approximate surface area is 151 Å². The van der Waals surface area contributed by atoms with E-state index < -0.39 is 0 Å². The van der Waals surface area contributed by atoms with Gasteiger partial charge in [-0.25, -0.2) is 9.78 Å². The fraction of sp³-hybridized carbons (Fsp3) is 0.412. The van der Waals surface area contributed by atoms with E-state index in [-0.39, 0.29) is 18.1 Å². The third kappa shape index (κ3) is 3.82. The van der Waals surface area contributed by atoms with Crippen LogP contribution in [0.1, 0.15) is 25.3 Å². The molecule has 1 aromatic carbocycles. The monoisotopic (exact) mass is 364 g/mol. The number of hydrogen-bond donors (Lipinski definition) is 2. The van der Waals surface area contributed by atoms with Crippen molar-refractivity contribution in [2.75, 3.05) is 19.5 Å². The van der Waals surface area contributed by atoms with Gasteiger partial charge in [-0.3, -0.25) is 0 Å². The molecular formula is C17H21ClN4O3. The van der Waals surface area contributed by atoms with E-state index in [1.165, 1.54) is 14.2 Å². The number of carbonyl (C=O) groups is 1. The second-order valence-electron chi connectivity index (χ2n) is 5.90. The lowest BCUT2D eigenvalue weighted by Gasteiger charge is -2.22. The summed E-state index contributed by atoms with van der Waals surface area (Å²) in [6, 6.07) is 3.22. The number of ether oxygens (including phenoxy) is 2. The molecule has 1 heterocycles. The van der Waals surface area contributed by atoms with Crippen LogP contribution < -0.4 is 20.1 Å². The predicted octanol–water partition coefficient (Wildman–Crippen LogP) is 3.47. The largest absolute Gasteiger partial charge is 0.495 e. The lowest BCUT2D eigenvalue weighted by molar-refractivity contribution is 0.245. The Bertz CT molecular complexity index is 736. The molecule has 0 saturated heterocycles. The summed E-state index contributed by atoms with van der Waals surface area (Å²) in [5, 5.41) is 6.24. The molecule has 0 bridgehead atoms. The maximum absolute atomic E-state index is 12.4. The lowest BCUT2D eigenvalue weighted by Crippen LogP contribution is -2.40. The van der Waals surface area contributed by atoms with Crippen molar-refractivity contribution in [2.45, 2.75) is 31.3 Å². The Hall–Kier alpha value is -2.41. The van der Waals surface area contributed by atoms with Gasteiger partial charge in [-0.15, -0.1) is 0 Å². The lowest BCUT2D eigenvalue weighted by atomic mass is 10.2. The molecule has 0 radical (unpaired) electrons. The molecule has 1 fully saturated rings. The summed E-state index contributed by atoms with van der Waals surface area (Å²) in [6.07, 6.45) is 8.46. The van der Waals surface area contributed by atoms with Crippen LogP contribution in [0.5, 0.6) is 11.5 Å². The van der Waals surface area contributed by atoms with Crippen molar-refractivity contribution in [1.82, 2.24) is 14.9 Å². The van der Waals surface area contributed by atoms with Crippen LogP contribution in [0.3, 0.4) is 0 Å². The van der Waals surface area contributed by atoms with E-state index in [4.69, 9.17) is 21.1 Å². The minimum Gasteiger partial charge on any atom is -0.495 e. The van der Waals surface area contributed by atoms with Crippen LogP contribution in [0.25, 0.3) is 0 Å². The molecule has 3 rings (SSSR count). The Morgan fingerprint density at radius 3 is 2.76 bits per heavy atom. The summed E-state index contributed by atoms with van der Waals surface area (Å²) in [7, 11) is 3.05. The average Bonchev–Trinajstić information content (AvgIpc) is 3.26. The summed E-state index contributed by atoms with van der Waals surface area (Å²) >= 11 is 6.14. The van der Waals surface area contributed by atoms with E-state index in [9.17, 15) is 4.79 Å². The number of benzene rings is 1. The molecule has 0 spiro atoms. The minimum absolute atomic E-state index is 0.0499. The molecule has 0 aliphatic heterocycles. The van der Waals surface area contributed by atoms with Crippen LogP contribution in [0, 0.1) is 0 Å². The number of amides is 2. The zero-order valence-electron chi connectivity index (χ0n) is 14.2. The molecule has 2 N–H and O–H groups in total. The minimum atomic E-state index is -0.295. The van der Waals surface area contributed by atoms with Crippen molar-refractivity contribution in [2.24, 2.45) is 0 Å². The van der Waals surface area contributed by atoms with Gasteiger partial charge in [0.05, 0.1) is 43.3 Å². The summed E-state index contributed by atoms with van der Waals surface area (Å²) < 4.78 is 12.5. The van der Waals surface area contributed by atoms with Crippen molar-refractivity contribution >= 4 is 23.3 Å². The highest BCUT2D eigenvalue weighted by molar-refractivity contribution is 6.32. The molecule has 2 amide bonds. The highest BCUT2D eigenvalue weighted by Crippen LogP contribution is 2.36. The van der Waals surface area contributed by atoms with Gasteiger partial charge < -0.3 is 24.7 Å². The number of imidazole rings is 1. The number of halogens is 1. The average molecular weight is 365 g/mol. The maximum Gasteiger partial charge on any atom is 0.319 e. The molecule has 2 aromatic rings. The number of carbonyl (C=O) groups excluding carboxylic acids is 1. The Kier molecular flexibility index (Phi) is 5.33. The van der Waals surface area contributed by atoms with Crippen LogP contribution in [0.4, 0.5) is 10.5 Å². The van der Waals surface area contributed by atoms with Gasteiger partial charge in [-0.1, -0.05) is 11.6 Å². The van der Waals surface area contributed by atoms with Crippen LogP contribution in [-0.2, 0) is 0 Å². The maximum atomic E-state index is 12.4. The number of nitrogens with one attached hydrogen (secondary N) is 2. The Morgan fingerprint density at radius 2 is 2.08 bits per heavy atom. The predicted molar refractivity (Wildman–Crippen MR) is 95.6 cm³/mol. The highest BCUT2D eigenvalue weighted by atomic mass is 35.5. The number of methoxy groups -OCH3 is 2. The molecule has 1 aliphatic rings. The number of anilines is 1. The van der Waals surface area contributed by atoms with E-state index in [0.717, 1.165) is 19.3 Å². The summed E-state index contributed by atoms with van der Waals surface area (Å²) in [6.45, 7) is 0. The molecule has 25 heavy (non-hydrogen) atoms. The Morgan fingerprint density at radius 1 is 1.28 bits per heavy atom. The number of hydrogen-bond acceptors (Lipinski definition) is 4. The second-order valence-corrected chi connectivity index (χ2v) is 6.31. The molecule has 1 saturated carbocycles. The first-order valence-electron chi connectivity index (χ1n) is 8.09. The van der Waals surface area contributed by atoms with Gasteiger partial charge in [0.15, 0.2) is 0 Å². The molecule has 1 aromatic heterocycles. The highest BCUT2D eigenvalue weighted by Gasteiger charge is 2.29. The van der Waals surface area contributed by atoms with E-state index in [1.807, 2.05) is 10.8 Å². The second kappa shape index (κ2) is 7.65. The van der Waals surface area contributed by atoms with Gasteiger partial charge in [0.1, 0.15) is 11.5 Å². The van der Waals surface area contributed by atoms with Crippen LogP contribution >= 0.6 is 11.6 Å². The van der Waals surface area contributed by atoms with Gasteiger partial charge in [0.25, 0.3) is 0 Å². The van der Waals surface area contributed by atoms with Gasteiger partial charge in [-0.05, 0) is 25.3 Å². The van der Waals surface area contributed by atoms with Crippen LogP contribution in [-0.4, -0.2) is 35.8 Å². The quantitative estimate of drug-likeness (QED) is 0.851. The van der Waals surface area contributed by atoms with Crippen molar-refractivity contribution in [3.8, 4) is 11.5 Å². The molecule has 2 atom stereocenters. The Balaban J connectivity index is 1.69. The van der Waals surface area contributed by atoms with E-state index in [0.29, 0.717) is 22.2 Å². The summed E-state index contributed by atoms with van der Waals surface area (Å²) in [5.74, 6) is 0.967. The molecular weight excluding hydrogens is 344 g/mol. The fourth-order valence-corrected chi connectivity index (χ4v) is 3.46. The first-order chi connectivity index (χ1) is 12.1. The van der Waals surface area contributed by atoms with Gasteiger partial charge in [0, 0.05) is 18.5 Å². The standard InChI is InChI=1S/C17H21ClN4O3/c1-24-15-9-16(25-2)13(8-11(15)18)21-17(23)20-12-4-3-5-14(12)22-7-6-19-10-22/h6-10,12,14H,3-5H2,1-2H3,(H2,20,21,23)/t12-,14+/m1/s1. The molecule has 8 heteroatoms. The van der Waals surface area contributed by atoms with Crippen LogP contribution in [0.15, 0.2) is 30.9 Å². The zero-order valence-corrected chi connectivity index (χ0v) is 14.9. The third-order valence-electron chi connectivity index (χ3n) is 4.43. The van der Waals surface area contributed by atoms with Crippen molar-refractivity contribution in [1.29, 1.82) is 0 Å². The zero-order chi connectivity index (χ0) is 17.8. The van der Waals surface area contributed by atoms with Crippen molar-refractivity contribution in [3.05, 3.63) is 35.9 Å². The van der Waals surface area contributed by atoms with Gasteiger partial charge in [-0.2, -0.15) is 0 Å². The molecule has 1 aliphatic carbocycles. The number of nitrogens with zero attached hydrogens (tertiary/aromatic N) is 2. The summed E-state index contributed by atoms with van der Waals surface area (Å²) in [4.78, 5) is 16.5. The topological polar surface area (TPSA) is 77.4 Å². The summed E-state index contributed by atoms with van der Waals surface area (Å²) in [5.41, 5.74) is 0.489. The van der Waals surface area contributed by atoms with E-state index in [1.54, 1.807) is 24.7 Å². The molecule has 7 nitrogen and oxygen atoms in total. The van der Waals surface area contributed by atoms with Crippen molar-refractivity contribution in [3.63, 3.8) is 0 Å². The van der Waals surface area contributed by atoms with E-state index in [2.05, 4.69) is 15.6 Å². The smallest absolute Gasteiger partial charge is 0.319 e. The number of urea groups is 1.